The van der Waals surface area contributed by atoms with E-state index in [0.717, 1.165) is 37.7 Å². The van der Waals surface area contributed by atoms with Crippen LogP contribution >= 0.6 is 0 Å². The minimum Gasteiger partial charge on any atom is -0.353 e. The number of nitrogens with zero attached hydrogens (tertiary/aromatic N) is 2. The third kappa shape index (κ3) is 1.95. The van der Waals surface area contributed by atoms with Gasteiger partial charge in [0.1, 0.15) is 11.6 Å². The summed E-state index contributed by atoms with van der Waals surface area (Å²) in [5.41, 5.74) is 0.00179. The Balaban J connectivity index is 1.68. The van der Waals surface area contributed by atoms with Gasteiger partial charge in [0.15, 0.2) is 0 Å². The van der Waals surface area contributed by atoms with Gasteiger partial charge in [-0.2, -0.15) is 0 Å². The Morgan fingerprint density at radius 2 is 2.25 bits per heavy atom. The summed E-state index contributed by atoms with van der Waals surface area (Å²) in [6.07, 6.45) is 3.45. The number of hydrogen-bond acceptors (Lipinski definition) is 4. The van der Waals surface area contributed by atoms with E-state index < -0.39 is 0 Å². The summed E-state index contributed by atoms with van der Waals surface area (Å²) >= 11 is 0. The van der Waals surface area contributed by atoms with E-state index in [1.807, 2.05) is 0 Å². The zero-order chi connectivity index (χ0) is 13.7. The lowest BCUT2D eigenvalue weighted by molar-refractivity contribution is 0.441. The zero-order valence-corrected chi connectivity index (χ0v) is 11.9. The lowest BCUT2D eigenvalue weighted by Gasteiger charge is -2.28. The summed E-state index contributed by atoms with van der Waals surface area (Å²) in [7, 11) is 0. The topological polar surface area (TPSA) is 61.0 Å². The van der Waals surface area contributed by atoms with E-state index in [9.17, 15) is 4.79 Å². The molecule has 108 valence electrons. The molecule has 5 heteroatoms. The highest BCUT2D eigenvalue weighted by molar-refractivity contribution is 5.42. The molecule has 3 aliphatic rings. The third-order valence-electron chi connectivity index (χ3n) is 5.14. The summed E-state index contributed by atoms with van der Waals surface area (Å²) < 4.78 is 0. The predicted octanol–water partition coefficient (Wildman–Crippen LogP) is 1.08. The fraction of sp³-hybridized carbons (Fsp3) is 0.733. The minimum absolute atomic E-state index is 0.00179. The first-order chi connectivity index (χ1) is 9.76. The quantitative estimate of drug-likeness (QED) is 0.866. The summed E-state index contributed by atoms with van der Waals surface area (Å²) in [5.74, 6) is 3.72. The van der Waals surface area contributed by atoms with Crippen molar-refractivity contribution in [1.82, 2.24) is 15.3 Å². The molecule has 3 atom stereocenters. The van der Waals surface area contributed by atoms with Gasteiger partial charge in [-0.3, -0.25) is 4.79 Å². The molecule has 0 aromatic carbocycles. The highest BCUT2D eigenvalue weighted by atomic mass is 16.1. The molecule has 2 saturated heterocycles. The summed E-state index contributed by atoms with van der Waals surface area (Å²) in [5, 5.41) is 3.50. The fourth-order valence-electron chi connectivity index (χ4n) is 3.97. The van der Waals surface area contributed by atoms with Crippen LogP contribution in [0.25, 0.3) is 0 Å². The van der Waals surface area contributed by atoms with E-state index in [4.69, 9.17) is 4.98 Å². The van der Waals surface area contributed by atoms with E-state index in [1.54, 1.807) is 6.07 Å². The van der Waals surface area contributed by atoms with Crippen LogP contribution in [0, 0.1) is 11.8 Å². The molecule has 4 rings (SSSR count). The van der Waals surface area contributed by atoms with Crippen LogP contribution in [-0.4, -0.2) is 35.6 Å². The van der Waals surface area contributed by atoms with Crippen LogP contribution in [0.15, 0.2) is 10.9 Å². The van der Waals surface area contributed by atoms with Gasteiger partial charge in [0.25, 0.3) is 5.56 Å². The van der Waals surface area contributed by atoms with Gasteiger partial charge in [0.2, 0.25) is 0 Å². The van der Waals surface area contributed by atoms with Gasteiger partial charge >= 0.3 is 0 Å². The first-order valence-electron chi connectivity index (χ1n) is 7.85. The van der Waals surface area contributed by atoms with E-state index in [0.29, 0.717) is 23.8 Å². The smallest absolute Gasteiger partial charge is 0.252 e. The Morgan fingerprint density at radius 1 is 1.40 bits per heavy atom. The molecule has 0 amide bonds. The molecule has 1 aromatic heterocycles. The molecule has 0 bridgehead atoms. The first kappa shape index (κ1) is 12.4. The molecule has 3 unspecified atom stereocenters. The Bertz CT molecular complexity index is 565. The van der Waals surface area contributed by atoms with Gasteiger partial charge < -0.3 is 15.2 Å². The van der Waals surface area contributed by atoms with Crippen molar-refractivity contribution in [3.63, 3.8) is 0 Å². The second-order valence-corrected chi connectivity index (χ2v) is 6.47. The van der Waals surface area contributed by atoms with Crippen molar-refractivity contribution in [1.29, 1.82) is 0 Å². The molecule has 5 nitrogen and oxygen atoms in total. The van der Waals surface area contributed by atoms with Crippen LogP contribution in [0.2, 0.25) is 0 Å². The molecule has 2 N–H and O–H groups in total. The number of anilines is 1. The van der Waals surface area contributed by atoms with Crippen molar-refractivity contribution >= 4 is 5.82 Å². The second-order valence-electron chi connectivity index (χ2n) is 6.47. The van der Waals surface area contributed by atoms with E-state index in [-0.39, 0.29) is 5.56 Å². The molecule has 3 heterocycles. The average molecular weight is 274 g/mol. The summed E-state index contributed by atoms with van der Waals surface area (Å²) in [6, 6.07) is 2.21. The van der Waals surface area contributed by atoms with Crippen molar-refractivity contribution < 1.29 is 0 Å². The second kappa shape index (κ2) is 4.58. The Hall–Kier alpha value is -1.36. The van der Waals surface area contributed by atoms with Gasteiger partial charge in [-0.05, 0) is 31.1 Å². The maximum absolute atomic E-state index is 11.9. The lowest BCUT2D eigenvalue weighted by atomic mass is 9.93. The minimum atomic E-state index is 0.00179. The third-order valence-corrected chi connectivity index (χ3v) is 5.14. The average Bonchev–Trinajstić information content (AvgIpc) is 3.08. The number of rotatable bonds is 3. The SMILES string of the molecule is CCC1C2CNCC2CN1c1cc(=O)[nH]c(C2CC2)n1. The van der Waals surface area contributed by atoms with Gasteiger partial charge in [-0.25, -0.2) is 4.98 Å². The van der Waals surface area contributed by atoms with Crippen LogP contribution in [0.5, 0.6) is 0 Å². The van der Waals surface area contributed by atoms with Gasteiger partial charge in [0, 0.05) is 37.7 Å². The Morgan fingerprint density at radius 3 is 3.00 bits per heavy atom. The lowest BCUT2D eigenvalue weighted by Crippen LogP contribution is -2.36. The summed E-state index contributed by atoms with van der Waals surface area (Å²) in [6.45, 7) is 5.50. The molecule has 0 radical (unpaired) electrons. The van der Waals surface area contributed by atoms with Gasteiger partial charge in [-0.1, -0.05) is 6.92 Å². The summed E-state index contributed by atoms with van der Waals surface area (Å²) in [4.78, 5) is 22.0. The molecule has 2 aliphatic heterocycles. The molecular formula is C15H22N4O. The van der Waals surface area contributed by atoms with E-state index >= 15 is 0 Å². The zero-order valence-electron chi connectivity index (χ0n) is 11.9. The number of hydrogen-bond donors (Lipinski definition) is 2. The standard InChI is InChI=1S/C15H22N4O/c1-2-12-11-7-16-6-10(11)8-19(12)13-5-14(20)18-15(17-13)9-3-4-9/h5,9-12,16H,2-4,6-8H2,1H3,(H,17,18,20). The fourth-order valence-corrected chi connectivity index (χ4v) is 3.97. The van der Waals surface area contributed by atoms with Gasteiger partial charge in [0.05, 0.1) is 0 Å². The molecule has 3 fully saturated rings. The van der Waals surface area contributed by atoms with Crippen LogP contribution in [0.1, 0.15) is 37.9 Å². The Kier molecular flexibility index (Phi) is 2.84. The van der Waals surface area contributed by atoms with Crippen molar-refractivity contribution in [3.8, 4) is 0 Å². The largest absolute Gasteiger partial charge is 0.353 e. The predicted molar refractivity (Wildman–Crippen MR) is 78.1 cm³/mol. The monoisotopic (exact) mass is 274 g/mol. The molecule has 1 aliphatic carbocycles. The molecule has 20 heavy (non-hydrogen) atoms. The van der Waals surface area contributed by atoms with Crippen LogP contribution < -0.4 is 15.8 Å². The van der Waals surface area contributed by atoms with Crippen molar-refractivity contribution in [3.05, 3.63) is 22.2 Å². The number of fused-ring (bicyclic) bond motifs is 1. The molecule has 0 spiro atoms. The number of H-pyrrole nitrogens is 1. The number of aromatic nitrogens is 2. The van der Waals surface area contributed by atoms with E-state index in [2.05, 4.69) is 22.1 Å². The van der Waals surface area contributed by atoms with E-state index in [1.165, 1.54) is 12.8 Å². The van der Waals surface area contributed by atoms with Crippen molar-refractivity contribution in [2.24, 2.45) is 11.8 Å². The normalized spacial score (nSPS) is 32.6. The highest BCUT2D eigenvalue weighted by Gasteiger charge is 2.44. The number of nitrogens with one attached hydrogen (secondary N) is 2. The van der Waals surface area contributed by atoms with Gasteiger partial charge in [-0.15, -0.1) is 0 Å². The Labute approximate surface area is 118 Å². The molecule has 1 aromatic rings. The van der Waals surface area contributed by atoms with Crippen LogP contribution in [0.4, 0.5) is 5.82 Å². The van der Waals surface area contributed by atoms with Crippen molar-refractivity contribution in [2.75, 3.05) is 24.5 Å². The molecular weight excluding hydrogens is 252 g/mol. The van der Waals surface area contributed by atoms with Crippen LogP contribution in [-0.2, 0) is 0 Å². The number of aromatic amines is 1. The maximum atomic E-state index is 11.9. The van der Waals surface area contributed by atoms with Crippen molar-refractivity contribution in [2.45, 2.75) is 38.1 Å². The first-order valence-corrected chi connectivity index (χ1v) is 7.85. The van der Waals surface area contributed by atoms with Crippen LogP contribution in [0.3, 0.4) is 0 Å². The highest BCUT2D eigenvalue weighted by Crippen LogP contribution is 2.40. The molecule has 1 saturated carbocycles. The maximum Gasteiger partial charge on any atom is 0.252 e.